The third-order valence-electron chi connectivity index (χ3n) is 4.34. The molecule has 1 fully saturated rings. The molecule has 3 nitrogen and oxygen atoms in total. The van der Waals surface area contributed by atoms with Crippen LogP contribution in [0, 0.1) is 11.8 Å². The summed E-state index contributed by atoms with van der Waals surface area (Å²) < 4.78 is 0. The lowest BCUT2D eigenvalue weighted by Crippen LogP contribution is -2.29. The number of carboxylic acid groups (broad SMARTS) is 1. The van der Waals surface area contributed by atoms with Crippen LogP contribution in [0.4, 0.5) is 0 Å². The summed E-state index contributed by atoms with van der Waals surface area (Å²) in [6.45, 7) is 4.20. The van der Waals surface area contributed by atoms with Gasteiger partial charge in [-0.1, -0.05) is 51.9 Å². The summed E-state index contributed by atoms with van der Waals surface area (Å²) in [5.41, 5.74) is 0. The van der Waals surface area contributed by atoms with Crippen molar-refractivity contribution in [1.29, 1.82) is 0 Å². The summed E-state index contributed by atoms with van der Waals surface area (Å²) in [7, 11) is 0. The van der Waals surface area contributed by atoms with Crippen molar-refractivity contribution in [3.8, 4) is 0 Å². The van der Waals surface area contributed by atoms with Gasteiger partial charge in [-0.15, -0.1) is 0 Å². The smallest absolute Gasteiger partial charge is 0.306 e. The molecule has 0 bridgehead atoms. The second-order valence-electron chi connectivity index (χ2n) is 5.96. The molecular weight excluding hydrogens is 238 g/mol. The van der Waals surface area contributed by atoms with E-state index in [1.54, 1.807) is 0 Å². The number of aliphatic carboxylic acids is 1. The van der Waals surface area contributed by atoms with Gasteiger partial charge in [-0.05, 0) is 38.3 Å². The van der Waals surface area contributed by atoms with E-state index in [0.717, 1.165) is 32.4 Å². The number of unbranched alkanes of at least 4 members (excludes halogenated alkanes) is 6. The highest BCUT2D eigenvalue weighted by atomic mass is 16.4. The predicted octanol–water partition coefficient (Wildman–Crippen LogP) is 3.83. The fourth-order valence-corrected chi connectivity index (χ4v) is 3.10. The van der Waals surface area contributed by atoms with Crippen molar-refractivity contribution >= 4 is 5.97 Å². The Hall–Kier alpha value is -0.570. The average molecular weight is 269 g/mol. The molecule has 2 N–H and O–H groups in total. The maximum absolute atomic E-state index is 11.0. The summed E-state index contributed by atoms with van der Waals surface area (Å²) in [6, 6.07) is 0. The van der Waals surface area contributed by atoms with E-state index in [1.807, 2.05) is 0 Å². The number of rotatable bonds is 11. The molecule has 0 aliphatic heterocycles. The first-order chi connectivity index (χ1) is 9.25. The van der Waals surface area contributed by atoms with Gasteiger partial charge >= 0.3 is 5.97 Å². The maximum atomic E-state index is 11.0. The molecule has 0 aromatic carbocycles. The van der Waals surface area contributed by atoms with Gasteiger partial charge in [0.15, 0.2) is 0 Å². The molecule has 0 amide bonds. The van der Waals surface area contributed by atoms with Crippen molar-refractivity contribution in [3.63, 3.8) is 0 Å². The highest BCUT2D eigenvalue weighted by Gasteiger charge is 2.32. The van der Waals surface area contributed by atoms with Crippen LogP contribution < -0.4 is 5.32 Å². The topological polar surface area (TPSA) is 49.3 Å². The Morgan fingerprint density at radius 1 is 1.11 bits per heavy atom. The molecule has 1 aliphatic carbocycles. The molecule has 1 saturated carbocycles. The highest BCUT2D eigenvalue weighted by molar-refractivity contribution is 5.70. The van der Waals surface area contributed by atoms with Crippen LogP contribution in [-0.4, -0.2) is 24.2 Å². The molecule has 2 atom stereocenters. The van der Waals surface area contributed by atoms with Gasteiger partial charge in [0.2, 0.25) is 0 Å². The van der Waals surface area contributed by atoms with Crippen molar-refractivity contribution in [2.24, 2.45) is 11.8 Å². The number of hydrogen-bond acceptors (Lipinski definition) is 2. The first-order valence-corrected chi connectivity index (χ1v) is 8.19. The summed E-state index contributed by atoms with van der Waals surface area (Å²) in [5.74, 6) is -0.330. The Bertz CT molecular complexity index is 243. The molecule has 3 heteroatoms. The minimum Gasteiger partial charge on any atom is -0.481 e. The quantitative estimate of drug-likeness (QED) is 0.560. The number of nitrogens with one attached hydrogen (secondary N) is 1. The second-order valence-corrected chi connectivity index (χ2v) is 5.96. The molecule has 0 heterocycles. The van der Waals surface area contributed by atoms with Crippen molar-refractivity contribution in [2.75, 3.05) is 13.1 Å². The highest BCUT2D eigenvalue weighted by Crippen LogP contribution is 2.31. The van der Waals surface area contributed by atoms with Crippen LogP contribution in [0.2, 0.25) is 0 Å². The first-order valence-electron chi connectivity index (χ1n) is 8.19. The van der Waals surface area contributed by atoms with Gasteiger partial charge in [0, 0.05) is 0 Å². The number of carboxylic acids is 1. The van der Waals surface area contributed by atoms with E-state index in [1.165, 1.54) is 44.9 Å². The molecular formula is C16H31NO2. The standard InChI is InChI=1S/C16H31NO2/c1-2-3-4-5-6-7-8-12-17-13-14-10-9-11-15(14)16(18)19/h14-15,17H,2-13H2,1H3,(H,18,19). The monoisotopic (exact) mass is 269 g/mol. The molecule has 0 radical (unpaired) electrons. The van der Waals surface area contributed by atoms with Crippen LogP contribution in [-0.2, 0) is 4.79 Å². The van der Waals surface area contributed by atoms with Gasteiger partial charge in [0.1, 0.15) is 0 Å². The van der Waals surface area contributed by atoms with Gasteiger partial charge in [-0.2, -0.15) is 0 Å². The first kappa shape index (κ1) is 16.5. The normalized spacial score (nSPS) is 22.8. The molecule has 1 aliphatic rings. The summed E-state index contributed by atoms with van der Waals surface area (Å²) in [4.78, 5) is 11.0. The summed E-state index contributed by atoms with van der Waals surface area (Å²) in [5, 5.41) is 12.6. The number of hydrogen-bond donors (Lipinski definition) is 2. The number of carbonyl (C=O) groups is 1. The van der Waals surface area contributed by atoms with Crippen LogP contribution in [0.3, 0.4) is 0 Å². The van der Waals surface area contributed by atoms with Gasteiger partial charge in [-0.3, -0.25) is 4.79 Å². The Balaban J connectivity index is 1.92. The average Bonchev–Trinajstić information content (AvgIpc) is 2.85. The van der Waals surface area contributed by atoms with Crippen LogP contribution in [0.25, 0.3) is 0 Å². The SMILES string of the molecule is CCCCCCCCCNCC1CCCC1C(=O)O. The minimum atomic E-state index is -0.597. The Morgan fingerprint density at radius 2 is 1.79 bits per heavy atom. The Kier molecular flexibility index (Phi) is 8.89. The molecule has 0 aromatic heterocycles. The van der Waals surface area contributed by atoms with E-state index in [0.29, 0.717) is 5.92 Å². The van der Waals surface area contributed by atoms with Gasteiger partial charge < -0.3 is 10.4 Å². The lowest BCUT2D eigenvalue weighted by Gasteiger charge is -2.16. The van der Waals surface area contributed by atoms with Crippen molar-refractivity contribution in [3.05, 3.63) is 0 Å². The molecule has 1 rings (SSSR count). The molecule has 0 spiro atoms. The second kappa shape index (κ2) is 10.2. The van der Waals surface area contributed by atoms with Gasteiger partial charge in [0.05, 0.1) is 5.92 Å². The Labute approximate surface area is 118 Å². The lowest BCUT2D eigenvalue weighted by atomic mass is 9.96. The molecule has 112 valence electrons. The lowest BCUT2D eigenvalue weighted by molar-refractivity contribution is -0.142. The van der Waals surface area contributed by atoms with E-state index < -0.39 is 5.97 Å². The summed E-state index contributed by atoms with van der Waals surface area (Å²) in [6.07, 6.45) is 12.4. The van der Waals surface area contributed by atoms with Gasteiger partial charge in [-0.25, -0.2) is 0 Å². The van der Waals surface area contributed by atoms with Crippen LogP contribution >= 0.6 is 0 Å². The maximum Gasteiger partial charge on any atom is 0.306 e. The fourth-order valence-electron chi connectivity index (χ4n) is 3.10. The zero-order valence-electron chi connectivity index (χ0n) is 12.5. The summed E-state index contributed by atoms with van der Waals surface area (Å²) >= 11 is 0. The van der Waals surface area contributed by atoms with Crippen LogP contribution in [0.15, 0.2) is 0 Å². The van der Waals surface area contributed by atoms with E-state index in [2.05, 4.69) is 12.2 Å². The zero-order valence-corrected chi connectivity index (χ0v) is 12.5. The third kappa shape index (κ3) is 6.95. The van der Waals surface area contributed by atoms with E-state index >= 15 is 0 Å². The van der Waals surface area contributed by atoms with Gasteiger partial charge in [0.25, 0.3) is 0 Å². The van der Waals surface area contributed by atoms with E-state index in [9.17, 15) is 4.79 Å². The third-order valence-corrected chi connectivity index (χ3v) is 4.34. The largest absolute Gasteiger partial charge is 0.481 e. The van der Waals surface area contributed by atoms with Crippen LogP contribution in [0.5, 0.6) is 0 Å². The van der Waals surface area contributed by atoms with Crippen molar-refractivity contribution in [1.82, 2.24) is 5.32 Å². The Morgan fingerprint density at radius 3 is 2.47 bits per heavy atom. The molecule has 19 heavy (non-hydrogen) atoms. The van der Waals surface area contributed by atoms with Crippen molar-refractivity contribution in [2.45, 2.75) is 71.1 Å². The molecule has 0 saturated heterocycles. The molecule has 2 unspecified atom stereocenters. The van der Waals surface area contributed by atoms with Crippen LogP contribution in [0.1, 0.15) is 71.1 Å². The molecule has 0 aromatic rings. The van der Waals surface area contributed by atoms with Crippen molar-refractivity contribution < 1.29 is 9.90 Å². The minimum absolute atomic E-state index is 0.0958. The predicted molar refractivity (Wildman–Crippen MR) is 79.3 cm³/mol. The van der Waals surface area contributed by atoms with E-state index in [4.69, 9.17) is 5.11 Å². The fraction of sp³-hybridized carbons (Fsp3) is 0.938. The zero-order chi connectivity index (χ0) is 13.9. The van der Waals surface area contributed by atoms with E-state index in [-0.39, 0.29) is 5.92 Å².